The highest BCUT2D eigenvalue weighted by Crippen LogP contribution is 2.65. The molecule has 4 heteroatoms. The molecule has 2 bridgehead atoms. The van der Waals surface area contributed by atoms with Crippen LogP contribution in [-0.2, 0) is 4.79 Å². The van der Waals surface area contributed by atoms with Gasteiger partial charge in [0.05, 0.1) is 6.61 Å². The first-order valence-electron chi connectivity index (χ1n) is 9.02. The standard InChI is InChI=1S/C20H29NO3/c1-5-23-15-8-6-7-9-16(15)24-13-18(22)21-17-12-14-10-11-20(17,4)19(14,2)3/h6-9,14,17H,5,10-13H2,1-4H3,(H,21,22). The van der Waals surface area contributed by atoms with Gasteiger partial charge in [-0.25, -0.2) is 0 Å². The molecule has 0 spiro atoms. The van der Waals surface area contributed by atoms with E-state index in [2.05, 4.69) is 26.1 Å². The van der Waals surface area contributed by atoms with E-state index in [9.17, 15) is 4.79 Å². The van der Waals surface area contributed by atoms with Crippen molar-refractivity contribution in [2.45, 2.75) is 53.0 Å². The Morgan fingerprint density at radius 1 is 1.21 bits per heavy atom. The lowest BCUT2D eigenvalue weighted by Crippen LogP contribution is -2.48. The van der Waals surface area contributed by atoms with Gasteiger partial charge in [0, 0.05) is 6.04 Å². The minimum atomic E-state index is -0.0455. The molecule has 1 aromatic carbocycles. The van der Waals surface area contributed by atoms with Gasteiger partial charge in [0.2, 0.25) is 0 Å². The van der Waals surface area contributed by atoms with Crippen molar-refractivity contribution >= 4 is 5.91 Å². The fourth-order valence-electron chi connectivity index (χ4n) is 4.65. The number of rotatable bonds is 6. The van der Waals surface area contributed by atoms with E-state index in [-0.39, 0.29) is 24.0 Å². The third kappa shape index (κ3) is 2.76. The highest BCUT2D eigenvalue weighted by Gasteiger charge is 2.61. The van der Waals surface area contributed by atoms with Crippen molar-refractivity contribution in [3.05, 3.63) is 24.3 Å². The summed E-state index contributed by atoms with van der Waals surface area (Å²) in [7, 11) is 0. The predicted molar refractivity (Wildman–Crippen MR) is 94.3 cm³/mol. The van der Waals surface area contributed by atoms with E-state index in [1.165, 1.54) is 12.8 Å². The normalized spacial score (nSPS) is 30.2. The molecule has 1 N–H and O–H groups in total. The summed E-state index contributed by atoms with van der Waals surface area (Å²) < 4.78 is 11.2. The zero-order valence-corrected chi connectivity index (χ0v) is 15.2. The van der Waals surface area contributed by atoms with Crippen molar-refractivity contribution in [2.24, 2.45) is 16.7 Å². The molecule has 2 fully saturated rings. The van der Waals surface area contributed by atoms with Crippen molar-refractivity contribution in [1.82, 2.24) is 5.32 Å². The summed E-state index contributed by atoms with van der Waals surface area (Å²) in [4.78, 5) is 12.4. The molecule has 2 aliphatic carbocycles. The van der Waals surface area contributed by atoms with Gasteiger partial charge in [0.15, 0.2) is 18.1 Å². The summed E-state index contributed by atoms with van der Waals surface area (Å²) in [6, 6.07) is 7.73. The van der Waals surface area contributed by atoms with Gasteiger partial charge in [-0.1, -0.05) is 32.9 Å². The molecule has 0 aromatic heterocycles. The van der Waals surface area contributed by atoms with Crippen LogP contribution in [0, 0.1) is 16.7 Å². The lowest BCUT2D eigenvalue weighted by molar-refractivity contribution is -0.124. The molecule has 2 saturated carbocycles. The van der Waals surface area contributed by atoms with Crippen LogP contribution in [0.4, 0.5) is 0 Å². The number of carbonyl (C=O) groups excluding carboxylic acids is 1. The summed E-state index contributed by atoms with van der Waals surface area (Å²) in [5, 5.41) is 3.22. The Labute approximate surface area is 144 Å². The molecule has 0 heterocycles. The maximum Gasteiger partial charge on any atom is 0.258 e. The summed E-state index contributed by atoms with van der Waals surface area (Å²) in [6.45, 7) is 9.57. The lowest BCUT2D eigenvalue weighted by Gasteiger charge is -2.39. The predicted octanol–water partition coefficient (Wildman–Crippen LogP) is 3.80. The molecule has 132 valence electrons. The van der Waals surface area contributed by atoms with Crippen LogP contribution in [0.2, 0.25) is 0 Å². The second kappa shape index (κ2) is 6.30. The van der Waals surface area contributed by atoms with Crippen LogP contribution < -0.4 is 14.8 Å². The van der Waals surface area contributed by atoms with Gasteiger partial charge in [-0.2, -0.15) is 0 Å². The van der Waals surface area contributed by atoms with Crippen molar-refractivity contribution in [1.29, 1.82) is 0 Å². The maximum atomic E-state index is 12.4. The number of amides is 1. The molecule has 1 aromatic rings. The Balaban J connectivity index is 1.58. The second-order valence-corrected chi connectivity index (χ2v) is 7.90. The number of ether oxygens (including phenoxy) is 2. The average molecular weight is 331 g/mol. The van der Waals surface area contributed by atoms with Gasteiger partial charge in [-0.3, -0.25) is 4.79 Å². The maximum absolute atomic E-state index is 12.4. The molecule has 0 radical (unpaired) electrons. The van der Waals surface area contributed by atoms with Crippen molar-refractivity contribution in [2.75, 3.05) is 13.2 Å². The van der Waals surface area contributed by atoms with E-state index in [0.717, 1.165) is 6.42 Å². The van der Waals surface area contributed by atoms with E-state index in [4.69, 9.17) is 9.47 Å². The monoisotopic (exact) mass is 331 g/mol. The van der Waals surface area contributed by atoms with E-state index in [0.29, 0.717) is 29.4 Å². The minimum Gasteiger partial charge on any atom is -0.490 e. The number of nitrogens with one attached hydrogen (secondary N) is 1. The first-order chi connectivity index (χ1) is 11.4. The largest absolute Gasteiger partial charge is 0.490 e. The Bertz CT molecular complexity index is 613. The highest BCUT2D eigenvalue weighted by atomic mass is 16.5. The Hall–Kier alpha value is -1.71. The van der Waals surface area contributed by atoms with Gasteiger partial charge >= 0.3 is 0 Å². The van der Waals surface area contributed by atoms with Crippen molar-refractivity contribution in [3.8, 4) is 11.5 Å². The average Bonchev–Trinajstić information content (AvgIpc) is 2.88. The number of fused-ring (bicyclic) bond motifs is 2. The SMILES string of the molecule is CCOc1ccccc1OCC(=O)NC1CC2CCC1(C)C2(C)C. The first kappa shape index (κ1) is 17.1. The molecule has 0 aliphatic heterocycles. The summed E-state index contributed by atoms with van der Waals surface area (Å²) in [6.07, 6.45) is 3.57. The van der Waals surface area contributed by atoms with E-state index in [1.807, 2.05) is 31.2 Å². The fraction of sp³-hybridized carbons (Fsp3) is 0.650. The molecule has 3 atom stereocenters. The number of hydrogen-bond donors (Lipinski definition) is 1. The Kier molecular flexibility index (Phi) is 4.50. The number of hydrogen-bond acceptors (Lipinski definition) is 3. The molecule has 2 aliphatic rings. The van der Waals surface area contributed by atoms with Crippen molar-refractivity contribution in [3.63, 3.8) is 0 Å². The van der Waals surface area contributed by atoms with Crippen LogP contribution in [0.3, 0.4) is 0 Å². The van der Waals surface area contributed by atoms with Gasteiger partial charge < -0.3 is 14.8 Å². The molecular formula is C20H29NO3. The second-order valence-electron chi connectivity index (χ2n) is 7.90. The minimum absolute atomic E-state index is 0.0295. The third-order valence-electron chi connectivity index (χ3n) is 6.64. The van der Waals surface area contributed by atoms with Gasteiger partial charge in [0.25, 0.3) is 5.91 Å². The van der Waals surface area contributed by atoms with E-state index in [1.54, 1.807) is 0 Å². The topological polar surface area (TPSA) is 47.6 Å². The Morgan fingerprint density at radius 2 is 1.88 bits per heavy atom. The van der Waals surface area contributed by atoms with Crippen LogP contribution in [0.15, 0.2) is 24.3 Å². The lowest BCUT2D eigenvalue weighted by atomic mass is 9.69. The molecule has 24 heavy (non-hydrogen) atoms. The smallest absolute Gasteiger partial charge is 0.258 e. The quantitative estimate of drug-likeness (QED) is 0.862. The summed E-state index contributed by atoms with van der Waals surface area (Å²) in [5.74, 6) is 1.97. The molecule has 3 rings (SSSR count). The van der Waals surface area contributed by atoms with Crippen LogP contribution in [-0.4, -0.2) is 25.2 Å². The number of para-hydroxylation sites is 2. The third-order valence-corrected chi connectivity index (χ3v) is 6.64. The highest BCUT2D eigenvalue weighted by molar-refractivity contribution is 5.78. The number of carbonyl (C=O) groups is 1. The van der Waals surface area contributed by atoms with Crippen molar-refractivity contribution < 1.29 is 14.3 Å². The summed E-state index contributed by atoms with van der Waals surface area (Å²) >= 11 is 0. The fourth-order valence-corrected chi connectivity index (χ4v) is 4.65. The zero-order chi connectivity index (χ0) is 17.4. The zero-order valence-electron chi connectivity index (χ0n) is 15.2. The Morgan fingerprint density at radius 3 is 2.42 bits per heavy atom. The number of benzene rings is 1. The van der Waals surface area contributed by atoms with E-state index >= 15 is 0 Å². The first-order valence-corrected chi connectivity index (χ1v) is 9.02. The molecule has 0 saturated heterocycles. The van der Waals surface area contributed by atoms with Gasteiger partial charge in [0.1, 0.15) is 0 Å². The van der Waals surface area contributed by atoms with Crippen LogP contribution >= 0.6 is 0 Å². The molecular weight excluding hydrogens is 302 g/mol. The van der Waals surface area contributed by atoms with Gasteiger partial charge in [-0.05, 0) is 55.1 Å². The van der Waals surface area contributed by atoms with E-state index < -0.39 is 0 Å². The molecule has 1 amide bonds. The van der Waals surface area contributed by atoms with Crippen LogP contribution in [0.5, 0.6) is 11.5 Å². The molecule has 4 nitrogen and oxygen atoms in total. The molecule has 3 unspecified atom stereocenters. The van der Waals surface area contributed by atoms with Crippen LogP contribution in [0.25, 0.3) is 0 Å². The van der Waals surface area contributed by atoms with Gasteiger partial charge in [-0.15, -0.1) is 0 Å². The summed E-state index contributed by atoms with van der Waals surface area (Å²) in [5.41, 5.74) is 0.490. The van der Waals surface area contributed by atoms with Crippen LogP contribution in [0.1, 0.15) is 47.0 Å².